The van der Waals surface area contributed by atoms with E-state index in [4.69, 9.17) is 0 Å². The molecule has 0 fully saturated rings. The average Bonchev–Trinajstić information content (AvgIpc) is 1.92. The minimum atomic E-state index is 0.0498. The van der Waals surface area contributed by atoms with Crippen molar-refractivity contribution in [2.24, 2.45) is 0 Å². The summed E-state index contributed by atoms with van der Waals surface area (Å²) in [5.41, 5.74) is 3.03. The van der Waals surface area contributed by atoms with Crippen LogP contribution in [0, 0.1) is 5.82 Å². The molecule has 0 nitrogen and oxygen atoms in total. The monoisotopic (exact) mass is 164 g/mol. The largest absolute Gasteiger partial charge is 0.206 e. The fourth-order valence-corrected chi connectivity index (χ4v) is 1.71. The second-order valence-corrected chi connectivity index (χ2v) is 3.76. The fraction of sp³-hybridized carbons (Fsp3) is 0.455. The molecule has 1 aliphatic carbocycles. The minimum absolute atomic E-state index is 0.0498. The van der Waals surface area contributed by atoms with Gasteiger partial charge in [-0.15, -0.1) is 0 Å². The lowest BCUT2D eigenvalue weighted by molar-refractivity contribution is 0.563. The van der Waals surface area contributed by atoms with Gasteiger partial charge < -0.3 is 0 Å². The minimum Gasteiger partial charge on any atom is -0.206 e. The predicted octanol–water partition coefficient (Wildman–Crippen LogP) is 3.05. The number of halogens is 1. The van der Waals surface area contributed by atoms with Gasteiger partial charge in [-0.25, -0.2) is 4.39 Å². The van der Waals surface area contributed by atoms with Crippen molar-refractivity contribution in [1.29, 1.82) is 0 Å². The summed E-state index contributed by atoms with van der Waals surface area (Å²) in [7, 11) is 0. The van der Waals surface area contributed by atoms with Crippen molar-refractivity contribution >= 4 is 0 Å². The third-order valence-corrected chi connectivity index (χ3v) is 2.64. The molecule has 0 spiro atoms. The number of hydrogen-bond acceptors (Lipinski definition) is 0. The molecule has 0 atom stereocenters. The lowest BCUT2D eigenvalue weighted by Gasteiger charge is -2.22. The standard InChI is InChI=1S/C11H13F/c1-7(2)9-5-3-8-4-6-10(8)11(9)12/h3,5,7H,4,6H2,1-2H3. The van der Waals surface area contributed by atoms with E-state index < -0.39 is 0 Å². The molecule has 0 saturated heterocycles. The summed E-state index contributed by atoms with van der Waals surface area (Å²) in [5, 5.41) is 0. The molecule has 0 unspecified atom stereocenters. The van der Waals surface area contributed by atoms with Gasteiger partial charge in [0.15, 0.2) is 0 Å². The van der Waals surface area contributed by atoms with Gasteiger partial charge in [0.2, 0.25) is 0 Å². The number of aryl methyl sites for hydroxylation is 1. The molecule has 0 saturated carbocycles. The smallest absolute Gasteiger partial charge is 0.130 e. The summed E-state index contributed by atoms with van der Waals surface area (Å²) >= 11 is 0. The number of hydrogen-bond donors (Lipinski definition) is 0. The van der Waals surface area contributed by atoms with Crippen LogP contribution < -0.4 is 0 Å². The van der Waals surface area contributed by atoms with E-state index in [2.05, 4.69) is 6.07 Å². The van der Waals surface area contributed by atoms with Crippen LogP contribution in [0.5, 0.6) is 0 Å². The van der Waals surface area contributed by atoms with E-state index in [1.807, 2.05) is 19.9 Å². The van der Waals surface area contributed by atoms with Gasteiger partial charge in [0.25, 0.3) is 0 Å². The lowest BCUT2D eigenvalue weighted by atomic mass is 9.84. The van der Waals surface area contributed by atoms with Crippen molar-refractivity contribution in [3.05, 3.63) is 34.6 Å². The van der Waals surface area contributed by atoms with Crippen molar-refractivity contribution in [2.45, 2.75) is 32.6 Å². The number of fused-ring (bicyclic) bond motifs is 1. The molecule has 12 heavy (non-hydrogen) atoms. The normalized spacial score (nSPS) is 14.3. The first-order valence-electron chi connectivity index (χ1n) is 4.50. The van der Waals surface area contributed by atoms with Crippen molar-refractivity contribution in [2.75, 3.05) is 0 Å². The lowest BCUT2D eigenvalue weighted by Crippen LogP contribution is -2.13. The highest BCUT2D eigenvalue weighted by atomic mass is 19.1. The second-order valence-electron chi connectivity index (χ2n) is 3.76. The van der Waals surface area contributed by atoms with Gasteiger partial charge in [0.1, 0.15) is 5.82 Å². The molecular formula is C11H13F. The second kappa shape index (κ2) is 2.58. The summed E-state index contributed by atoms with van der Waals surface area (Å²) in [6, 6.07) is 4.00. The van der Waals surface area contributed by atoms with Crippen molar-refractivity contribution in [1.82, 2.24) is 0 Å². The predicted molar refractivity (Wildman–Crippen MR) is 47.9 cm³/mol. The van der Waals surface area contributed by atoms with Crippen LogP contribution in [0.2, 0.25) is 0 Å². The molecule has 2 rings (SSSR count). The first-order chi connectivity index (χ1) is 5.70. The quantitative estimate of drug-likeness (QED) is 0.598. The third kappa shape index (κ3) is 0.961. The van der Waals surface area contributed by atoms with Gasteiger partial charge in [-0.1, -0.05) is 26.0 Å². The molecular weight excluding hydrogens is 151 g/mol. The Hall–Kier alpha value is -0.850. The molecule has 0 bridgehead atoms. The zero-order valence-corrected chi connectivity index (χ0v) is 7.52. The summed E-state index contributed by atoms with van der Waals surface area (Å²) in [6.07, 6.45) is 1.99. The van der Waals surface area contributed by atoms with E-state index >= 15 is 0 Å². The first kappa shape index (κ1) is 7.78. The number of rotatable bonds is 1. The number of benzene rings is 1. The maximum Gasteiger partial charge on any atom is 0.130 e. The van der Waals surface area contributed by atoms with Crippen LogP contribution in [0.25, 0.3) is 0 Å². The summed E-state index contributed by atoms with van der Waals surface area (Å²) in [5.74, 6) is 0.352. The zero-order valence-electron chi connectivity index (χ0n) is 7.52. The Balaban J connectivity index is 2.52. The van der Waals surface area contributed by atoms with E-state index in [0.717, 1.165) is 24.0 Å². The highest BCUT2D eigenvalue weighted by molar-refractivity contribution is 5.41. The molecule has 0 N–H and O–H groups in total. The SMILES string of the molecule is CC(C)c1ccc2c(c1F)CC2. The van der Waals surface area contributed by atoms with Gasteiger partial charge in [-0.05, 0) is 35.4 Å². The average molecular weight is 164 g/mol. The van der Waals surface area contributed by atoms with E-state index in [9.17, 15) is 4.39 Å². The molecule has 0 aromatic heterocycles. The van der Waals surface area contributed by atoms with E-state index in [1.165, 1.54) is 5.56 Å². The summed E-state index contributed by atoms with van der Waals surface area (Å²) < 4.78 is 13.6. The Labute approximate surface area is 72.4 Å². The van der Waals surface area contributed by atoms with Gasteiger partial charge in [0, 0.05) is 0 Å². The Bertz CT molecular complexity index is 313. The molecule has 0 heterocycles. The molecule has 1 heteroatoms. The highest BCUT2D eigenvalue weighted by Crippen LogP contribution is 2.30. The van der Waals surface area contributed by atoms with Crippen LogP contribution in [0.1, 0.15) is 36.5 Å². The molecule has 1 aliphatic rings. The first-order valence-corrected chi connectivity index (χ1v) is 4.50. The van der Waals surface area contributed by atoms with Crippen LogP contribution in [0.3, 0.4) is 0 Å². The Kier molecular flexibility index (Phi) is 1.67. The van der Waals surface area contributed by atoms with Gasteiger partial charge >= 0.3 is 0 Å². The molecule has 1 aromatic rings. The maximum absolute atomic E-state index is 13.6. The van der Waals surface area contributed by atoms with Crippen LogP contribution in [0.4, 0.5) is 4.39 Å². The van der Waals surface area contributed by atoms with Crippen LogP contribution in [0.15, 0.2) is 12.1 Å². The van der Waals surface area contributed by atoms with Crippen molar-refractivity contribution in [3.63, 3.8) is 0 Å². The van der Waals surface area contributed by atoms with Gasteiger partial charge in [-0.3, -0.25) is 0 Å². The maximum atomic E-state index is 13.6. The van der Waals surface area contributed by atoms with Crippen molar-refractivity contribution < 1.29 is 4.39 Å². The Morgan fingerprint density at radius 1 is 1.25 bits per heavy atom. The van der Waals surface area contributed by atoms with E-state index in [-0.39, 0.29) is 5.82 Å². The Morgan fingerprint density at radius 2 is 2.00 bits per heavy atom. The summed E-state index contributed by atoms with van der Waals surface area (Å²) in [6.45, 7) is 4.06. The van der Waals surface area contributed by atoms with Crippen LogP contribution in [-0.4, -0.2) is 0 Å². The molecule has 0 aliphatic heterocycles. The third-order valence-electron chi connectivity index (χ3n) is 2.64. The van der Waals surface area contributed by atoms with Gasteiger partial charge in [0.05, 0.1) is 0 Å². The van der Waals surface area contributed by atoms with E-state index in [1.54, 1.807) is 0 Å². The molecule has 0 amide bonds. The highest BCUT2D eigenvalue weighted by Gasteiger charge is 2.20. The van der Waals surface area contributed by atoms with Crippen LogP contribution >= 0.6 is 0 Å². The molecule has 64 valence electrons. The summed E-state index contributed by atoms with van der Waals surface area (Å²) in [4.78, 5) is 0. The van der Waals surface area contributed by atoms with Crippen LogP contribution in [-0.2, 0) is 12.8 Å². The van der Waals surface area contributed by atoms with E-state index in [0.29, 0.717) is 5.92 Å². The fourth-order valence-electron chi connectivity index (χ4n) is 1.71. The molecule has 0 radical (unpaired) electrons. The zero-order chi connectivity index (χ0) is 8.72. The topological polar surface area (TPSA) is 0 Å². The van der Waals surface area contributed by atoms with Crippen molar-refractivity contribution in [3.8, 4) is 0 Å². The molecule has 1 aromatic carbocycles. The Morgan fingerprint density at radius 3 is 2.50 bits per heavy atom. The van der Waals surface area contributed by atoms with Gasteiger partial charge in [-0.2, -0.15) is 0 Å².